The van der Waals surface area contributed by atoms with E-state index in [9.17, 15) is 25.2 Å². The minimum absolute atomic E-state index is 0.296. The van der Waals surface area contributed by atoms with E-state index >= 15 is 0 Å². The SMILES string of the molecule is CCC[N+](C)(C)C(C)OC(C)C.F[P-](F)(F)(F)(F)F. The van der Waals surface area contributed by atoms with E-state index in [1.54, 1.807) is 0 Å². The van der Waals surface area contributed by atoms with Crippen LogP contribution in [0.3, 0.4) is 0 Å². The molecule has 0 heterocycles. The average Bonchev–Trinajstić information content (AvgIpc) is 1.95. The normalized spacial score (nSPS) is 18.2. The average molecular weight is 319 g/mol. The molecule has 0 aromatic heterocycles. The van der Waals surface area contributed by atoms with Gasteiger partial charge in [0.25, 0.3) is 0 Å². The maximum absolute atomic E-state index is 10.7. The van der Waals surface area contributed by atoms with Crippen molar-refractivity contribution in [2.45, 2.75) is 46.4 Å². The van der Waals surface area contributed by atoms with E-state index in [2.05, 4.69) is 41.8 Å². The summed E-state index contributed by atoms with van der Waals surface area (Å²) in [5.41, 5.74) is 0. The maximum atomic E-state index is 9.87. The molecule has 0 N–H and O–H groups in total. The van der Waals surface area contributed by atoms with Crippen molar-refractivity contribution in [3.8, 4) is 0 Å². The van der Waals surface area contributed by atoms with Crippen molar-refractivity contribution in [1.82, 2.24) is 0 Å². The first-order valence-electron chi connectivity index (χ1n) is 5.89. The summed E-state index contributed by atoms with van der Waals surface area (Å²) in [4.78, 5) is 0. The number of nitrogens with zero attached hydrogens (tertiary/aromatic N) is 1. The zero-order chi connectivity index (χ0) is 16.2. The van der Waals surface area contributed by atoms with Gasteiger partial charge in [-0.15, -0.1) is 0 Å². The second kappa shape index (κ2) is 5.74. The Morgan fingerprint density at radius 1 is 0.947 bits per heavy atom. The Hall–Kier alpha value is -0.0700. The van der Waals surface area contributed by atoms with Crippen LogP contribution in [-0.4, -0.2) is 37.5 Å². The van der Waals surface area contributed by atoms with Crippen LogP contribution in [0.4, 0.5) is 25.2 Å². The van der Waals surface area contributed by atoms with Gasteiger partial charge in [-0.2, -0.15) is 0 Å². The molecule has 122 valence electrons. The Labute approximate surface area is 110 Å². The van der Waals surface area contributed by atoms with Gasteiger partial charge in [0, 0.05) is 6.92 Å². The molecule has 0 amide bonds. The van der Waals surface area contributed by atoms with Gasteiger partial charge >= 0.3 is 33.0 Å². The molecule has 9 heteroatoms. The summed E-state index contributed by atoms with van der Waals surface area (Å²) in [6.07, 6.45) is 1.83. The van der Waals surface area contributed by atoms with E-state index in [0.29, 0.717) is 12.3 Å². The number of quaternary nitrogens is 1. The number of hydrogen-bond acceptors (Lipinski definition) is 1. The van der Waals surface area contributed by atoms with Crippen molar-refractivity contribution in [1.29, 1.82) is 0 Å². The molecule has 0 fully saturated rings. The Bertz CT molecular complexity index is 262. The summed E-state index contributed by atoms with van der Waals surface area (Å²) in [5.74, 6) is 0. The molecule has 0 radical (unpaired) electrons. The van der Waals surface area contributed by atoms with Crippen LogP contribution in [0.1, 0.15) is 34.1 Å². The molecule has 0 aliphatic heterocycles. The molecule has 1 unspecified atom stereocenters. The fourth-order valence-electron chi connectivity index (χ4n) is 1.32. The van der Waals surface area contributed by atoms with Gasteiger partial charge in [0.05, 0.1) is 26.7 Å². The number of rotatable bonds is 5. The molecule has 19 heavy (non-hydrogen) atoms. The van der Waals surface area contributed by atoms with Crippen molar-refractivity contribution < 1.29 is 34.4 Å². The van der Waals surface area contributed by atoms with Crippen LogP contribution in [-0.2, 0) is 4.74 Å². The van der Waals surface area contributed by atoms with Gasteiger partial charge < -0.3 is 9.22 Å². The molecule has 0 saturated heterocycles. The minimum atomic E-state index is -10.7. The van der Waals surface area contributed by atoms with E-state index in [-0.39, 0.29) is 0 Å². The fourth-order valence-corrected chi connectivity index (χ4v) is 1.32. The standard InChI is InChI=1S/C10H24NO.F6P/c1-7-8-11(5,6)10(4)12-9(2)3;1-7(2,3,4,5)6/h9-10H,7-8H2,1-6H3;/q+1;-1. The van der Waals surface area contributed by atoms with Gasteiger partial charge in [-0.05, 0) is 20.3 Å². The van der Waals surface area contributed by atoms with Crippen LogP contribution < -0.4 is 0 Å². The van der Waals surface area contributed by atoms with Gasteiger partial charge in [-0.25, -0.2) is 0 Å². The quantitative estimate of drug-likeness (QED) is 0.276. The third-order valence-corrected chi connectivity index (χ3v) is 2.25. The first kappa shape index (κ1) is 21.2. The second-order valence-corrected chi connectivity index (χ2v) is 7.16. The zero-order valence-electron chi connectivity index (χ0n) is 12.1. The zero-order valence-corrected chi connectivity index (χ0v) is 13.0. The summed E-state index contributed by atoms with van der Waals surface area (Å²) < 4.78 is 65.9. The van der Waals surface area contributed by atoms with Gasteiger partial charge in [-0.3, -0.25) is 0 Å². The van der Waals surface area contributed by atoms with Crippen LogP contribution in [0.25, 0.3) is 0 Å². The fraction of sp³-hybridized carbons (Fsp3) is 1.00. The first-order valence-corrected chi connectivity index (χ1v) is 7.92. The summed E-state index contributed by atoms with van der Waals surface area (Å²) in [6, 6.07) is 0. The van der Waals surface area contributed by atoms with Gasteiger partial charge in [0.2, 0.25) is 0 Å². The molecule has 0 saturated carbocycles. The van der Waals surface area contributed by atoms with Crippen LogP contribution in [0.15, 0.2) is 0 Å². The molecule has 1 atom stereocenters. The Morgan fingerprint density at radius 2 is 1.26 bits per heavy atom. The van der Waals surface area contributed by atoms with Crippen LogP contribution in [0, 0.1) is 0 Å². The Kier molecular flexibility index (Phi) is 6.41. The number of hydrogen-bond donors (Lipinski definition) is 0. The van der Waals surface area contributed by atoms with Crippen molar-refractivity contribution in [2.75, 3.05) is 20.6 Å². The Balaban J connectivity index is 0. The van der Waals surface area contributed by atoms with Crippen molar-refractivity contribution >= 4 is 7.81 Å². The van der Waals surface area contributed by atoms with E-state index in [4.69, 9.17) is 4.74 Å². The molecular formula is C10H24F6NOP. The number of ether oxygens (including phenoxy) is 1. The Morgan fingerprint density at radius 3 is 1.47 bits per heavy atom. The summed E-state index contributed by atoms with van der Waals surface area (Å²) in [7, 11) is -6.22. The number of halogens is 6. The predicted molar refractivity (Wildman–Crippen MR) is 66.5 cm³/mol. The van der Waals surface area contributed by atoms with Crippen molar-refractivity contribution in [2.24, 2.45) is 0 Å². The predicted octanol–water partition coefficient (Wildman–Crippen LogP) is 5.63. The second-order valence-electron chi connectivity index (χ2n) is 5.24. The summed E-state index contributed by atoms with van der Waals surface area (Å²) >= 11 is 0. The summed E-state index contributed by atoms with van der Waals surface area (Å²) in [6.45, 7) is 9.70. The van der Waals surface area contributed by atoms with E-state index in [0.717, 1.165) is 4.48 Å². The molecule has 0 bridgehead atoms. The van der Waals surface area contributed by atoms with Gasteiger partial charge in [0.1, 0.15) is 0 Å². The van der Waals surface area contributed by atoms with E-state index in [1.165, 1.54) is 13.0 Å². The van der Waals surface area contributed by atoms with Gasteiger partial charge in [0.15, 0.2) is 6.23 Å². The van der Waals surface area contributed by atoms with Crippen LogP contribution in [0.5, 0.6) is 0 Å². The third-order valence-electron chi connectivity index (χ3n) is 2.25. The molecule has 0 rings (SSSR count). The first-order chi connectivity index (χ1) is 7.85. The van der Waals surface area contributed by atoms with Crippen molar-refractivity contribution in [3.63, 3.8) is 0 Å². The van der Waals surface area contributed by atoms with Gasteiger partial charge in [-0.1, -0.05) is 6.92 Å². The van der Waals surface area contributed by atoms with Crippen LogP contribution in [0.2, 0.25) is 0 Å². The molecule has 0 aliphatic carbocycles. The molecule has 0 aromatic rings. The third kappa shape index (κ3) is 23.4. The van der Waals surface area contributed by atoms with Crippen molar-refractivity contribution in [3.05, 3.63) is 0 Å². The van der Waals surface area contributed by atoms with E-state index < -0.39 is 7.81 Å². The van der Waals surface area contributed by atoms with Crippen LogP contribution >= 0.6 is 7.81 Å². The molecule has 0 spiro atoms. The molecular weight excluding hydrogens is 295 g/mol. The monoisotopic (exact) mass is 319 g/mol. The molecule has 0 aliphatic rings. The van der Waals surface area contributed by atoms with E-state index in [1.807, 2.05) is 0 Å². The topological polar surface area (TPSA) is 9.23 Å². The molecule has 0 aromatic carbocycles. The molecule has 2 nitrogen and oxygen atoms in total. The summed E-state index contributed by atoms with van der Waals surface area (Å²) in [5, 5.41) is 0.